The van der Waals surface area contributed by atoms with Crippen LogP contribution in [0.2, 0.25) is 0 Å². The third-order valence-corrected chi connectivity index (χ3v) is 5.66. The first kappa shape index (κ1) is 16.4. The van der Waals surface area contributed by atoms with E-state index < -0.39 is 0 Å². The fourth-order valence-corrected chi connectivity index (χ4v) is 4.14. The van der Waals surface area contributed by atoms with Gasteiger partial charge in [0.25, 0.3) is 0 Å². The fourth-order valence-electron chi connectivity index (χ4n) is 2.82. The molecule has 0 bridgehead atoms. The molecule has 0 unspecified atom stereocenters. The van der Waals surface area contributed by atoms with Crippen LogP contribution in [0, 0.1) is 11.9 Å². The Labute approximate surface area is 159 Å². The molecule has 123 valence electrons. The van der Waals surface area contributed by atoms with Gasteiger partial charge in [-0.05, 0) is 35.4 Å². The van der Waals surface area contributed by atoms with Crippen molar-refractivity contribution in [3.05, 3.63) is 99.1 Å². The number of nitrogens with one attached hydrogen (secondary N) is 1. The van der Waals surface area contributed by atoms with Gasteiger partial charge in [0.05, 0.1) is 11.4 Å². The lowest BCUT2D eigenvalue weighted by molar-refractivity contribution is 0.628. The van der Waals surface area contributed by atoms with Crippen LogP contribution in [-0.4, -0.2) is 0 Å². The summed E-state index contributed by atoms with van der Waals surface area (Å²) in [5.74, 6) is -0.335. The standard InChI is InChI=1S/C21H14BrFNS/c22-16-9-11-17(12-10-16)25-19-13-15-7-4-8-18(23)20(15)24-21(19)14-5-2-1-3-6-14/h1-7,9-12,24H,13H2. The number of hydrogen-bond acceptors (Lipinski definition) is 2. The Morgan fingerprint density at radius 2 is 1.76 bits per heavy atom. The molecule has 3 aromatic rings. The van der Waals surface area contributed by atoms with Crippen LogP contribution >= 0.6 is 27.7 Å². The van der Waals surface area contributed by atoms with Crippen molar-refractivity contribution in [1.82, 2.24) is 0 Å². The van der Waals surface area contributed by atoms with Gasteiger partial charge >= 0.3 is 0 Å². The van der Waals surface area contributed by atoms with Crippen molar-refractivity contribution in [2.24, 2.45) is 0 Å². The molecule has 1 aliphatic rings. The summed E-state index contributed by atoms with van der Waals surface area (Å²) in [4.78, 5) is 2.33. The molecule has 0 aromatic heterocycles. The van der Waals surface area contributed by atoms with Crippen LogP contribution in [0.3, 0.4) is 0 Å². The topological polar surface area (TPSA) is 12.0 Å². The fraction of sp³-hybridized carbons (Fsp3) is 0.0476. The van der Waals surface area contributed by atoms with Crippen molar-refractivity contribution >= 4 is 39.1 Å². The second-order valence-corrected chi connectivity index (χ2v) is 7.80. The molecule has 0 saturated carbocycles. The van der Waals surface area contributed by atoms with Crippen molar-refractivity contribution in [2.45, 2.75) is 11.3 Å². The first-order valence-electron chi connectivity index (χ1n) is 7.89. The molecule has 0 spiro atoms. The van der Waals surface area contributed by atoms with E-state index in [2.05, 4.69) is 39.4 Å². The van der Waals surface area contributed by atoms with Crippen LogP contribution < -0.4 is 5.32 Å². The number of thioether (sulfide) groups is 1. The van der Waals surface area contributed by atoms with Crippen molar-refractivity contribution < 1.29 is 4.39 Å². The zero-order valence-corrected chi connectivity index (χ0v) is 15.6. The predicted molar refractivity (Wildman–Crippen MR) is 106 cm³/mol. The van der Waals surface area contributed by atoms with Gasteiger partial charge in [0.1, 0.15) is 0 Å². The smallest absolute Gasteiger partial charge is 0.154 e. The second kappa shape index (κ2) is 7.06. The number of rotatable bonds is 3. The van der Waals surface area contributed by atoms with E-state index in [4.69, 9.17) is 0 Å². The minimum Gasteiger partial charge on any atom is -0.352 e. The molecule has 0 amide bonds. The van der Waals surface area contributed by atoms with Crippen LogP contribution in [0.25, 0.3) is 5.70 Å². The summed E-state index contributed by atoms with van der Waals surface area (Å²) in [5, 5.41) is 3.31. The highest BCUT2D eigenvalue weighted by Gasteiger charge is 2.22. The van der Waals surface area contributed by atoms with Gasteiger partial charge in [0.15, 0.2) is 5.82 Å². The van der Waals surface area contributed by atoms with E-state index in [1.165, 1.54) is 4.91 Å². The van der Waals surface area contributed by atoms with Crippen molar-refractivity contribution in [3.63, 3.8) is 0 Å². The molecule has 0 saturated heterocycles. The lowest BCUT2D eigenvalue weighted by Crippen LogP contribution is -2.12. The third-order valence-electron chi connectivity index (χ3n) is 4.03. The van der Waals surface area contributed by atoms with Crippen LogP contribution in [0.4, 0.5) is 10.1 Å². The van der Waals surface area contributed by atoms with E-state index in [1.807, 2.05) is 48.5 Å². The van der Waals surface area contributed by atoms with E-state index in [1.54, 1.807) is 17.8 Å². The maximum absolute atomic E-state index is 14.2. The molecule has 0 fully saturated rings. The quantitative estimate of drug-likeness (QED) is 0.527. The molecule has 1 N–H and O–H groups in total. The maximum atomic E-state index is 14.2. The van der Waals surface area contributed by atoms with Gasteiger partial charge in [-0.1, -0.05) is 70.2 Å². The molecule has 0 aliphatic carbocycles. The van der Waals surface area contributed by atoms with Gasteiger partial charge in [-0.3, -0.25) is 0 Å². The van der Waals surface area contributed by atoms with Crippen LogP contribution in [0.15, 0.2) is 81.0 Å². The summed E-state index contributed by atoms with van der Waals surface area (Å²) in [5.41, 5.74) is 3.49. The SMILES string of the molecule is Fc1[c]ccc2c1NC(c1ccccc1)=C(Sc1ccc(Br)cc1)C2. The summed E-state index contributed by atoms with van der Waals surface area (Å²) >= 11 is 5.18. The molecule has 1 heterocycles. The minimum absolute atomic E-state index is 0.335. The molecule has 1 radical (unpaired) electrons. The van der Waals surface area contributed by atoms with Crippen LogP contribution in [-0.2, 0) is 6.42 Å². The Morgan fingerprint density at radius 3 is 2.52 bits per heavy atom. The van der Waals surface area contributed by atoms with E-state index >= 15 is 0 Å². The number of anilines is 1. The van der Waals surface area contributed by atoms with Crippen molar-refractivity contribution in [3.8, 4) is 0 Å². The van der Waals surface area contributed by atoms with Crippen molar-refractivity contribution in [2.75, 3.05) is 5.32 Å². The Morgan fingerprint density at radius 1 is 1.00 bits per heavy atom. The lowest BCUT2D eigenvalue weighted by atomic mass is 10.0. The minimum atomic E-state index is -0.335. The highest BCUT2D eigenvalue weighted by atomic mass is 79.9. The first-order valence-corrected chi connectivity index (χ1v) is 9.50. The van der Waals surface area contributed by atoms with E-state index in [0.717, 1.165) is 26.2 Å². The molecule has 1 aliphatic heterocycles. The Kier molecular flexibility index (Phi) is 4.64. The Hall–Kier alpha value is -2.04. The number of allylic oxidation sites excluding steroid dienone is 1. The zero-order valence-electron chi connectivity index (χ0n) is 13.2. The number of benzene rings is 3. The lowest BCUT2D eigenvalue weighted by Gasteiger charge is -2.25. The third kappa shape index (κ3) is 3.51. The van der Waals surface area contributed by atoms with Gasteiger partial charge in [-0.25, -0.2) is 4.39 Å². The largest absolute Gasteiger partial charge is 0.352 e. The zero-order chi connectivity index (χ0) is 17.2. The molecule has 0 atom stereocenters. The molecular formula is C21H14BrFNS. The molecule has 4 rings (SSSR count). The molecule has 3 aromatic carbocycles. The van der Waals surface area contributed by atoms with Crippen molar-refractivity contribution in [1.29, 1.82) is 0 Å². The van der Waals surface area contributed by atoms with Gasteiger partial charge in [0, 0.05) is 26.8 Å². The Balaban J connectivity index is 1.78. The predicted octanol–water partition coefficient (Wildman–Crippen LogP) is 6.52. The molecule has 1 nitrogen and oxygen atoms in total. The normalized spacial score (nSPS) is 13.4. The Bertz CT molecular complexity index is 936. The van der Waals surface area contributed by atoms with Crippen LogP contribution in [0.5, 0.6) is 0 Å². The molecule has 4 heteroatoms. The summed E-state index contributed by atoms with van der Waals surface area (Å²) in [6, 6.07) is 24.5. The highest BCUT2D eigenvalue weighted by Crippen LogP contribution is 2.41. The summed E-state index contributed by atoms with van der Waals surface area (Å²) in [6.45, 7) is 0. The number of halogens is 2. The molecular weight excluding hydrogens is 397 g/mol. The average molecular weight is 411 g/mol. The average Bonchev–Trinajstić information content (AvgIpc) is 2.64. The summed E-state index contributed by atoms with van der Waals surface area (Å²) in [7, 11) is 0. The number of fused-ring (bicyclic) bond motifs is 1. The monoisotopic (exact) mass is 410 g/mol. The van der Waals surface area contributed by atoms with Crippen LogP contribution in [0.1, 0.15) is 11.1 Å². The number of hydrogen-bond donors (Lipinski definition) is 1. The second-order valence-electron chi connectivity index (χ2n) is 5.71. The maximum Gasteiger partial charge on any atom is 0.154 e. The van der Waals surface area contributed by atoms with E-state index in [-0.39, 0.29) is 5.82 Å². The van der Waals surface area contributed by atoms with Gasteiger partial charge in [-0.2, -0.15) is 0 Å². The van der Waals surface area contributed by atoms with Gasteiger partial charge < -0.3 is 5.32 Å². The molecule has 25 heavy (non-hydrogen) atoms. The summed E-state index contributed by atoms with van der Waals surface area (Å²) in [6.07, 6.45) is 0.693. The van der Waals surface area contributed by atoms with E-state index in [9.17, 15) is 4.39 Å². The van der Waals surface area contributed by atoms with E-state index in [0.29, 0.717) is 12.1 Å². The summed E-state index contributed by atoms with van der Waals surface area (Å²) < 4.78 is 15.3. The highest BCUT2D eigenvalue weighted by molar-refractivity contribution is 9.10. The van der Waals surface area contributed by atoms with Gasteiger partial charge in [-0.15, -0.1) is 0 Å². The first-order chi connectivity index (χ1) is 12.2. The van der Waals surface area contributed by atoms with Gasteiger partial charge in [0.2, 0.25) is 0 Å².